The van der Waals surface area contributed by atoms with E-state index in [0.29, 0.717) is 12.1 Å². The van der Waals surface area contributed by atoms with Crippen molar-refractivity contribution in [3.8, 4) is 0 Å². The van der Waals surface area contributed by atoms with Crippen LogP contribution in [-0.2, 0) is 6.54 Å². The highest BCUT2D eigenvalue weighted by Gasteiger charge is 2.10. The molecule has 0 spiro atoms. The molecular weight excluding hydrogens is 234 g/mol. The van der Waals surface area contributed by atoms with Gasteiger partial charge < -0.3 is 5.32 Å². The second-order valence-electron chi connectivity index (χ2n) is 4.12. The van der Waals surface area contributed by atoms with E-state index in [0.717, 1.165) is 11.6 Å². The van der Waals surface area contributed by atoms with Gasteiger partial charge in [0.15, 0.2) is 0 Å². The molecule has 0 aliphatic heterocycles. The fourth-order valence-electron chi connectivity index (χ4n) is 1.73. The normalized spacial score (nSPS) is 12.4. The summed E-state index contributed by atoms with van der Waals surface area (Å²) in [4.78, 5) is 3.93. The number of benzene rings is 1. The van der Waals surface area contributed by atoms with Crippen molar-refractivity contribution in [1.82, 2.24) is 10.3 Å². The summed E-state index contributed by atoms with van der Waals surface area (Å²) in [5.41, 5.74) is 1.53. The van der Waals surface area contributed by atoms with E-state index in [4.69, 9.17) is 0 Å². The molecule has 1 N–H and O–H groups in total. The molecule has 94 valence electrons. The van der Waals surface area contributed by atoms with Gasteiger partial charge in [0.1, 0.15) is 11.6 Å². The second kappa shape index (κ2) is 5.69. The van der Waals surface area contributed by atoms with Gasteiger partial charge in [-0.05, 0) is 30.7 Å². The van der Waals surface area contributed by atoms with E-state index in [1.54, 1.807) is 12.4 Å². The monoisotopic (exact) mass is 248 g/mol. The third-order valence-corrected chi connectivity index (χ3v) is 2.79. The van der Waals surface area contributed by atoms with Crippen LogP contribution in [0.5, 0.6) is 0 Å². The first-order chi connectivity index (χ1) is 8.66. The maximum Gasteiger partial charge on any atom is 0.130 e. The SMILES string of the molecule is CC(NCc1ccncc1)c1ccc(F)cc1F. The molecule has 0 aliphatic rings. The van der Waals surface area contributed by atoms with Gasteiger partial charge in [0.25, 0.3) is 0 Å². The Morgan fingerprint density at radius 2 is 1.89 bits per heavy atom. The zero-order valence-electron chi connectivity index (χ0n) is 10.0. The summed E-state index contributed by atoms with van der Waals surface area (Å²) in [6.45, 7) is 2.46. The van der Waals surface area contributed by atoms with Crippen molar-refractivity contribution in [2.45, 2.75) is 19.5 Å². The largest absolute Gasteiger partial charge is 0.306 e. The fraction of sp³-hybridized carbons (Fsp3) is 0.214. The molecular formula is C14H14F2N2. The molecule has 0 aliphatic carbocycles. The molecule has 2 aromatic rings. The number of halogens is 2. The molecule has 0 fully saturated rings. The lowest BCUT2D eigenvalue weighted by Crippen LogP contribution is -2.19. The molecule has 0 bridgehead atoms. The van der Waals surface area contributed by atoms with Gasteiger partial charge in [-0.25, -0.2) is 8.78 Å². The van der Waals surface area contributed by atoms with Crippen LogP contribution in [-0.4, -0.2) is 4.98 Å². The topological polar surface area (TPSA) is 24.9 Å². The Balaban J connectivity index is 2.01. The van der Waals surface area contributed by atoms with Gasteiger partial charge >= 0.3 is 0 Å². The standard InChI is InChI=1S/C14H14F2N2/c1-10(13-3-2-12(15)8-14(13)16)18-9-11-4-6-17-7-5-11/h2-8,10,18H,9H2,1H3. The van der Waals surface area contributed by atoms with Gasteiger partial charge in [0.05, 0.1) is 0 Å². The minimum absolute atomic E-state index is 0.182. The van der Waals surface area contributed by atoms with Crippen LogP contribution >= 0.6 is 0 Å². The third kappa shape index (κ3) is 3.11. The first-order valence-electron chi connectivity index (χ1n) is 5.74. The lowest BCUT2D eigenvalue weighted by Gasteiger charge is -2.15. The van der Waals surface area contributed by atoms with Crippen LogP contribution in [0.2, 0.25) is 0 Å². The average molecular weight is 248 g/mol. The smallest absolute Gasteiger partial charge is 0.130 e. The van der Waals surface area contributed by atoms with Crippen LogP contribution in [0.25, 0.3) is 0 Å². The number of pyridine rings is 1. The van der Waals surface area contributed by atoms with Gasteiger partial charge in [-0.2, -0.15) is 0 Å². The summed E-state index contributed by atoms with van der Waals surface area (Å²) in [6, 6.07) is 7.23. The zero-order valence-corrected chi connectivity index (χ0v) is 10.0. The quantitative estimate of drug-likeness (QED) is 0.898. The molecule has 1 unspecified atom stereocenters. The summed E-state index contributed by atoms with van der Waals surface area (Å²) in [6.07, 6.45) is 3.42. The van der Waals surface area contributed by atoms with Crippen molar-refractivity contribution in [2.75, 3.05) is 0 Å². The van der Waals surface area contributed by atoms with Gasteiger partial charge in [0, 0.05) is 36.6 Å². The molecule has 0 saturated carbocycles. The van der Waals surface area contributed by atoms with Crippen LogP contribution in [0.3, 0.4) is 0 Å². The number of hydrogen-bond acceptors (Lipinski definition) is 2. The number of nitrogens with one attached hydrogen (secondary N) is 1. The second-order valence-corrected chi connectivity index (χ2v) is 4.12. The van der Waals surface area contributed by atoms with E-state index in [-0.39, 0.29) is 6.04 Å². The van der Waals surface area contributed by atoms with Gasteiger partial charge in [-0.15, -0.1) is 0 Å². The van der Waals surface area contributed by atoms with Crippen molar-refractivity contribution in [2.24, 2.45) is 0 Å². The molecule has 1 aromatic heterocycles. The summed E-state index contributed by atoms with van der Waals surface area (Å²) >= 11 is 0. The molecule has 1 heterocycles. The highest BCUT2D eigenvalue weighted by molar-refractivity contribution is 5.22. The highest BCUT2D eigenvalue weighted by atomic mass is 19.1. The summed E-state index contributed by atoms with van der Waals surface area (Å²) in [5, 5.41) is 3.19. The number of rotatable bonds is 4. The summed E-state index contributed by atoms with van der Waals surface area (Å²) < 4.78 is 26.3. The van der Waals surface area contributed by atoms with Crippen molar-refractivity contribution >= 4 is 0 Å². The molecule has 1 atom stereocenters. The first-order valence-corrected chi connectivity index (χ1v) is 5.74. The molecule has 2 nitrogen and oxygen atoms in total. The number of aromatic nitrogens is 1. The summed E-state index contributed by atoms with van der Waals surface area (Å²) in [7, 11) is 0. The van der Waals surface area contributed by atoms with Crippen LogP contribution in [0.15, 0.2) is 42.7 Å². The Morgan fingerprint density at radius 1 is 1.17 bits per heavy atom. The minimum Gasteiger partial charge on any atom is -0.306 e. The lowest BCUT2D eigenvalue weighted by molar-refractivity contribution is 0.517. The third-order valence-electron chi connectivity index (χ3n) is 2.79. The lowest BCUT2D eigenvalue weighted by atomic mass is 10.1. The predicted molar refractivity (Wildman–Crippen MR) is 65.8 cm³/mol. The van der Waals surface area contributed by atoms with Gasteiger partial charge in [0.2, 0.25) is 0 Å². The van der Waals surface area contributed by atoms with E-state index in [2.05, 4.69) is 10.3 Å². The maximum absolute atomic E-state index is 13.5. The maximum atomic E-state index is 13.5. The van der Waals surface area contributed by atoms with Gasteiger partial charge in [-0.3, -0.25) is 4.98 Å². The molecule has 1 aromatic carbocycles. The van der Waals surface area contributed by atoms with Crippen molar-refractivity contribution in [3.63, 3.8) is 0 Å². The minimum atomic E-state index is -0.558. The van der Waals surface area contributed by atoms with Crippen molar-refractivity contribution in [1.29, 1.82) is 0 Å². The Morgan fingerprint density at radius 3 is 2.56 bits per heavy atom. The molecule has 2 rings (SSSR count). The predicted octanol–water partition coefficient (Wildman–Crippen LogP) is 3.21. The highest BCUT2D eigenvalue weighted by Crippen LogP contribution is 2.18. The fourth-order valence-corrected chi connectivity index (χ4v) is 1.73. The van der Waals surface area contributed by atoms with Gasteiger partial charge in [-0.1, -0.05) is 6.07 Å². The Hall–Kier alpha value is -1.81. The molecule has 0 amide bonds. The van der Waals surface area contributed by atoms with Crippen LogP contribution in [0, 0.1) is 11.6 Å². The number of nitrogens with zero attached hydrogens (tertiary/aromatic N) is 1. The van der Waals surface area contributed by atoms with Crippen LogP contribution in [0.1, 0.15) is 24.1 Å². The first kappa shape index (κ1) is 12.6. The zero-order chi connectivity index (χ0) is 13.0. The molecule has 0 radical (unpaired) electrons. The van der Waals surface area contributed by atoms with Crippen LogP contribution in [0.4, 0.5) is 8.78 Å². The van der Waals surface area contributed by atoms with Crippen molar-refractivity contribution < 1.29 is 8.78 Å². The summed E-state index contributed by atoms with van der Waals surface area (Å²) in [5.74, 6) is -1.08. The van der Waals surface area contributed by atoms with E-state index >= 15 is 0 Å². The van der Waals surface area contributed by atoms with E-state index in [1.807, 2.05) is 19.1 Å². The van der Waals surface area contributed by atoms with Crippen molar-refractivity contribution in [3.05, 3.63) is 65.5 Å². The Kier molecular flexibility index (Phi) is 3.99. The van der Waals surface area contributed by atoms with E-state index < -0.39 is 11.6 Å². The van der Waals surface area contributed by atoms with E-state index in [1.165, 1.54) is 12.1 Å². The van der Waals surface area contributed by atoms with E-state index in [9.17, 15) is 8.78 Å². The van der Waals surface area contributed by atoms with Crippen LogP contribution < -0.4 is 5.32 Å². The molecule has 18 heavy (non-hydrogen) atoms. The number of hydrogen-bond donors (Lipinski definition) is 1. The molecule has 0 saturated heterocycles. The Bertz CT molecular complexity index is 514. The molecule has 4 heteroatoms. The average Bonchev–Trinajstić information content (AvgIpc) is 2.37. The Labute approximate surface area is 105 Å².